The van der Waals surface area contributed by atoms with Crippen LogP contribution in [0, 0.1) is 0 Å². The molecule has 0 saturated heterocycles. The topological polar surface area (TPSA) is 38.9 Å². The zero-order chi connectivity index (χ0) is 11.5. The molecule has 0 saturated carbocycles. The van der Waals surface area contributed by atoms with Gasteiger partial charge in [-0.05, 0) is 6.42 Å². The van der Waals surface area contributed by atoms with Crippen LogP contribution < -0.4 is 5.73 Å². The fraction of sp³-hybridized carbons (Fsp3) is 0.167. The number of thiazole rings is 1. The van der Waals surface area contributed by atoms with Crippen LogP contribution in [0.2, 0.25) is 0 Å². The van der Waals surface area contributed by atoms with Crippen molar-refractivity contribution in [2.24, 2.45) is 5.73 Å². The van der Waals surface area contributed by atoms with E-state index in [2.05, 4.69) is 11.9 Å². The highest BCUT2D eigenvalue weighted by Crippen LogP contribution is 2.28. The van der Waals surface area contributed by atoms with Gasteiger partial charge in [0.1, 0.15) is 10.00 Å². The van der Waals surface area contributed by atoms with Crippen LogP contribution in [0.5, 0.6) is 0 Å². The molecule has 16 heavy (non-hydrogen) atoms. The lowest BCUT2D eigenvalue weighted by atomic mass is 10.2. The molecule has 0 atom stereocenters. The van der Waals surface area contributed by atoms with Gasteiger partial charge >= 0.3 is 0 Å². The van der Waals surface area contributed by atoms with Gasteiger partial charge < -0.3 is 5.73 Å². The van der Waals surface area contributed by atoms with Gasteiger partial charge in [0.2, 0.25) is 0 Å². The van der Waals surface area contributed by atoms with Crippen LogP contribution in [0.1, 0.15) is 17.5 Å². The van der Waals surface area contributed by atoms with E-state index in [0.29, 0.717) is 4.99 Å². The SMILES string of the molecule is CCc1nc(-c2ccccc2)sc1C(N)=S. The van der Waals surface area contributed by atoms with Crippen molar-refractivity contribution >= 4 is 28.5 Å². The zero-order valence-electron chi connectivity index (χ0n) is 8.93. The number of nitrogens with zero attached hydrogens (tertiary/aromatic N) is 1. The van der Waals surface area contributed by atoms with Crippen molar-refractivity contribution in [3.63, 3.8) is 0 Å². The average molecular weight is 248 g/mol. The van der Waals surface area contributed by atoms with Gasteiger partial charge in [0.15, 0.2) is 0 Å². The van der Waals surface area contributed by atoms with Crippen molar-refractivity contribution in [3.05, 3.63) is 40.9 Å². The Morgan fingerprint density at radius 3 is 2.56 bits per heavy atom. The highest BCUT2D eigenvalue weighted by molar-refractivity contribution is 7.81. The molecule has 0 aliphatic rings. The van der Waals surface area contributed by atoms with Crippen LogP contribution in [0.4, 0.5) is 0 Å². The van der Waals surface area contributed by atoms with E-state index in [1.807, 2.05) is 30.3 Å². The maximum absolute atomic E-state index is 5.68. The van der Waals surface area contributed by atoms with E-state index in [1.54, 1.807) is 11.3 Å². The van der Waals surface area contributed by atoms with Crippen LogP contribution in [0.15, 0.2) is 30.3 Å². The summed E-state index contributed by atoms with van der Waals surface area (Å²) in [4.78, 5) is 5.95. The fourth-order valence-corrected chi connectivity index (χ4v) is 2.74. The summed E-state index contributed by atoms with van der Waals surface area (Å²) in [6.07, 6.45) is 0.857. The summed E-state index contributed by atoms with van der Waals surface area (Å²) in [6.45, 7) is 2.06. The molecule has 0 spiro atoms. The number of hydrogen-bond donors (Lipinski definition) is 1. The monoisotopic (exact) mass is 248 g/mol. The average Bonchev–Trinajstić information content (AvgIpc) is 2.74. The van der Waals surface area contributed by atoms with Crippen molar-refractivity contribution in [2.45, 2.75) is 13.3 Å². The molecule has 1 aromatic carbocycles. The second-order valence-electron chi connectivity index (χ2n) is 3.38. The summed E-state index contributed by atoms with van der Waals surface area (Å²) in [5.74, 6) is 0. The maximum atomic E-state index is 5.68. The van der Waals surface area contributed by atoms with E-state index >= 15 is 0 Å². The molecular formula is C12H12N2S2. The molecule has 0 unspecified atom stereocenters. The molecule has 0 radical (unpaired) electrons. The molecule has 2 rings (SSSR count). The van der Waals surface area contributed by atoms with Crippen LogP contribution in [-0.2, 0) is 6.42 Å². The maximum Gasteiger partial charge on any atom is 0.124 e. The minimum absolute atomic E-state index is 0.441. The van der Waals surface area contributed by atoms with Gasteiger partial charge in [-0.25, -0.2) is 4.98 Å². The second kappa shape index (κ2) is 4.72. The molecule has 0 fully saturated rings. The first-order valence-electron chi connectivity index (χ1n) is 5.07. The zero-order valence-corrected chi connectivity index (χ0v) is 10.6. The van der Waals surface area contributed by atoms with Crippen LogP contribution >= 0.6 is 23.6 Å². The Labute approximate surface area is 104 Å². The third kappa shape index (κ3) is 2.13. The normalized spacial score (nSPS) is 10.3. The van der Waals surface area contributed by atoms with Crippen molar-refractivity contribution in [2.75, 3.05) is 0 Å². The number of benzene rings is 1. The molecule has 0 bridgehead atoms. The first-order chi connectivity index (χ1) is 7.72. The van der Waals surface area contributed by atoms with Crippen LogP contribution in [0.3, 0.4) is 0 Å². The fourth-order valence-electron chi connectivity index (χ4n) is 1.49. The Morgan fingerprint density at radius 2 is 2.06 bits per heavy atom. The largest absolute Gasteiger partial charge is 0.389 e. The molecule has 2 N–H and O–H groups in total. The molecule has 82 valence electrons. The van der Waals surface area contributed by atoms with Crippen LogP contribution in [-0.4, -0.2) is 9.97 Å². The smallest absolute Gasteiger partial charge is 0.124 e. The first-order valence-corrected chi connectivity index (χ1v) is 6.29. The van der Waals surface area contributed by atoms with E-state index in [-0.39, 0.29) is 0 Å². The van der Waals surface area contributed by atoms with Gasteiger partial charge in [0.25, 0.3) is 0 Å². The summed E-state index contributed by atoms with van der Waals surface area (Å²) in [5, 5.41) is 0.986. The summed E-state index contributed by atoms with van der Waals surface area (Å²) < 4.78 is 0. The first kappa shape index (κ1) is 11.2. The quantitative estimate of drug-likeness (QED) is 0.849. The van der Waals surface area contributed by atoms with Crippen molar-refractivity contribution in [1.29, 1.82) is 0 Å². The Morgan fingerprint density at radius 1 is 1.38 bits per heavy atom. The Hall–Kier alpha value is -1.26. The van der Waals surface area contributed by atoms with E-state index < -0.39 is 0 Å². The minimum atomic E-state index is 0.441. The van der Waals surface area contributed by atoms with Crippen molar-refractivity contribution in [3.8, 4) is 10.6 Å². The molecule has 2 nitrogen and oxygen atoms in total. The number of aryl methyl sites for hydroxylation is 1. The molecule has 0 amide bonds. The Balaban J connectivity index is 2.48. The lowest BCUT2D eigenvalue weighted by Crippen LogP contribution is -2.09. The van der Waals surface area contributed by atoms with E-state index in [1.165, 1.54) is 0 Å². The molecule has 0 aliphatic heterocycles. The highest BCUT2D eigenvalue weighted by atomic mass is 32.1. The standard InChI is InChI=1S/C12H12N2S2/c1-2-9-10(11(13)15)16-12(14-9)8-6-4-3-5-7-8/h3-7H,2H2,1H3,(H2,13,15). The van der Waals surface area contributed by atoms with Crippen LogP contribution in [0.25, 0.3) is 10.6 Å². The summed E-state index contributed by atoms with van der Waals surface area (Å²) in [6, 6.07) is 10.1. The third-order valence-electron chi connectivity index (χ3n) is 2.28. The van der Waals surface area contributed by atoms with Crippen molar-refractivity contribution < 1.29 is 0 Å². The van der Waals surface area contributed by atoms with Gasteiger partial charge in [0.05, 0.1) is 10.6 Å². The highest BCUT2D eigenvalue weighted by Gasteiger charge is 2.12. The predicted octanol–water partition coefficient (Wildman–Crippen LogP) is 3.01. The van der Waals surface area contributed by atoms with Gasteiger partial charge in [0, 0.05) is 5.56 Å². The molecule has 1 heterocycles. The number of aromatic nitrogens is 1. The van der Waals surface area contributed by atoms with E-state index in [0.717, 1.165) is 27.6 Å². The Kier molecular flexibility index (Phi) is 3.31. The number of thiocarbonyl (C=S) groups is 1. The van der Waals surface area contributed by atoms with Gasteiger partial charge in [-0.3, -0.25) is 0 Å². The molecule has 0 aliphatic carbocycles. The third-order valence-corrected chi connectivity index (χ3v) is 3.79. The van der Waals surface area contributed by atoms with E-state index in [9.17, 15) is 0 Å². The number of rotatable bonds is 3. The minimum Gasteiger partial charge on any atom is -0.389 e. The lowest BCUT2D eigenvalue weighted by Gasteiger charge is -1.93. The van der Waals surface area contributed by atoms with Gasteiger partial charge in [-0.1, -0.05) is 49.5 Å². The second-order valence-corrected chi connectivity index (χ2v) is 4.82. The summed E-state index contributed by atoms with van der Waals surface area (Å²) in [5.41, 5.74) is 7.80. The summed E-state index contributed by atoms with van der Waals surface area (Å²) in [7, 11) is 0. The van der Waals surface area contributed by atoms with Crippen molar-refractivity contribution in [1.82, 2.24) is 4.98 Å². The predicted molar refractivity (Wildman–Crippen MR) is 72.8 cm³/mol. The summed E-state index contributed by atoms with van der Waals surface area (Å²) >= 11 is 6.60. The Bertz CT molecular complexity index is 503. The van der Waals surface area contributed by atoms with Gasteiger partial charge in [-0.15, -0.1) is 11.3 Å². The molecule has 2 aromatic rings. The number of nitrogens with two attached hydrogens (primary N) is 1. The lowest BCUT2D eigenvalue weighted by molar-refractivity contribution is 1.06. The van der Waals surface area contributed by atoms with Gasteiger partial charge in [-0.2, -0.15) is 0 Å². The molecular weight excluding hydrogens is 236 g/mol. The molecule has 4 heteroatoms. The molecule has 1 aromatic heterocycles. The van der Waals surface area contributed by atoms with E-state index in [4.69, 9.17) is 18.0 Å². The number of hydrogen-bond acceptors (Lipinski definition) is 3.